The van der Waals surface area contributed by atoms with Gasteiger partial charge in [-0.2, -0.15) is 15.0 Å². The summed E-state index contributed by atoms with van der Waals surface area (Å²) in [5.74, 6) is -2.73. The van der Waals surface area contributed by atoms with Crippen molar-refractivity contribution in [3.63, 3.8) is 0 Å². The number of carboxylic acids is 4. The number of likely N-dealkylation sites (N-methyl/N-ethyl adjacent to an activating group) is 1. The third-order valence-corrected chi connectivity index (χ3v) is 9.05. The van der Waals surface area contributed by atoms with Gasteiger partial charge in [0.1, 0.15) is 0 Å². The molecule has 0 amide bonds. The fourth-order valence-electron chi connectivity index (χ4n) is 6.24. The number of carboxylic acid groups (broad SMARTS) is 4. The minimum absolute atomic E-state index is 0.187. The molecule has 286 valence electrons. The van der Waals surface area contributed by atoms with E-state index in [9.17, 15) is 39.6 Å². The lowest BCUT2D eigenvalue weighted by Gasteiger charge is -2.37. The molecule has 3 heterocycles. The van der Waals surface area contributed by atoms with Crippen molar-refractivity contribution >= 4 is 47.4 Å². The van der Waals surface area contributed by atoms with Crippen molar-refractivity contribution in [2.75, 3.05) is 134 Å². The Labute approximate surface area is 303 Å². The van der Waals surface area contributed by atoms with E-state index >= 15 is 0 Å². The first kappa shape index (κ1) is 40.1. The second-order valence-corrected chi connectivity index (χ2v) is 13.5. The Kier molecular flexibility index (Phi) is 14.8. The van der Waals surface area contributed by atoms with Gasteiger partial charge in [0.15, 0.2) is 0 Å². The van der Waals surface area contributed by atoms with Crippen molar-refractivity contribution in [3.8, 4) is 0 Å². The zero-order chi connectivity index (χ0) is 37.8. The van der Waals surface area contributed by atoms with E-state index < -0.39 is 29.9 Å². The summed E-state index contributed by atoms with van der Waals surface area (Å²) >= 11 is 0. The van der Waals surface area contributed by atoms with E-state index in [1.54, 1.807) is 19.6 Å². The van der Waals surface area contributed by atoms with Crippen molar-refractivity contribution in [3.05, 3.63) is 29.8 Å². The van der Waals surface area contributed by atoms with Gasteiger partial charge in [0.25, 0.3) is 0 Å². The number of aromatic nitrogens is 3. The summed E-state index contributed by atoms with van der Waals surface area (Å²) in [6, 6.07) is 7.08. The smallest absolute Gasteiger partial charge is 0.317 e. The van der Waals surface area contributed by atoms with Crippen LogP contribution < -0.4 is 15.1 Å². The number of piperazine rings is 1. The van der Waals surface area contributed by atoms with Crippen LogP contribution in [0.1, 0.15) is 5.56 Å². The first-order valence-electron chi connectivity index (χ1n) is 17.2. The lowest BCUT2D eigenvalue weighted by Crippen LogP contribution is -2.53. The topological polar surface area (TPSA) is 223 Å². The fourth-order valence-corrected chi connectivity index (χ4v) is 6.24. The lowest BCUT2D eigenvalue weighted by atomic mass is 10.0. The van der Waals surface area contributed by atoms with Gasteiger partial charge in [-0.3, -0.25) is 38.8 Å². The number of hydrogen-bond acceptors (Lipinski definition) is 15. The van der Waals surface area contributed by atoms with Gasteiger partial charge in [-0.25, -0.2) is 0 Å². The predicted molar refractivity (Wildman–Crippen MR) is 193 cm³/mol. The summed E-state index contributed by atoms with van der Waals surface area (Å²) in [4.78, 5) is 74.1. The second kappa shape index (κ2) is 19.2. The van der Waals surface area contributed by atoms with E-state index in [0.717, 1.165) is 37.4 Å². The largest absolute Gasteiger partial charge is 0.480 e. The second-order valence-electron chi connectivity index (χ2n) is 13.5. The normalized spacial score (nSPS) is 19.4. The minimum Gasteiger partial charge on any atom is -0.480 e. The number of benzene rings is 1. The molecule has 2 aromatic rings. The number of nitrogens with one attached hydrogen (secondary N) is 1. The van der Waals surface area contributed by atoms with Crippen LogP contribution in [0.15, 0.2) is 24.3 Å². The highest BCUT2D eigenvalue weighted by molar-refractivity contribution is 5.70. The van der Waals surface area contributed by atoms with E-state index in [-0.39, 0.29) is 72.0 Å². The Morgan fingerprint density at radius 1 is 0.692 bits per heavy atom. The van der Waals surface area contributed by atoms with Gasteiger partial charge in [0.05, 0.1) is 26.2 Å². The molecule has 0 saturated carbocycles. The van der Waals surface area contributed by atoms with E-state index in [1.807, 2.05) is 43.3 Å². The molecule has 19 nitrogen and oxygen atoms in total. The summed E-state index contributed by atoms with van der Waals surface area (Å²) in [6.45, 7) is 3.72. The van der Waals surface area contributed by atoms with Crippen molar-refractivity contribution < 1.29 is 39.6 Å². The standard InChI is InChI=1S/C33H51N11O8/c1-38(2)32-35-31(36-33(37-32)43-15-8-39(3)9-16-43)34-25-6-4-24(5-7-25)18-26-19-42(22-29(49)50)13-12-40(20-27(45)46)10-11-41(21-28(47)48)14-17-44(26)23-30(51)52/h4-7,26H,8-23H2,1-3H3,(H,45,46)(H,47,48)(H,49,50)(H,51,52)(H,34,35,36,37). The molecule has 2 aliphatic rings. The Hall–Kier alpha value is -4.69. The molecule has 2 aliphatic heterocycles. The van der Waals surface area contributed by atoms with Gasteiger partial charge in [-0.1, -0.05) is 12.1 Å². The molecule has 0 radical (unpaired) electrons. The third kappa shape index (κ3) is 13.1. The van der Waals surface area contributed by atoms with Crippen LogP contribution in [0, 0.1) is 0 Å². The molecule has 19 heteroatoms. The van der Waals surface area contributed by atoms with Gasteiger partial charge < -0.3 is 40.4 Å². The number of hydrogen-bond donors (Lipinski definition) is 5. The quantitative estimate of drug-likeness (QED) is 0.156. The number of anilines is 4. The predicted octanol–water partition coefficient (Wildman–Crippen LogP) is -1.10. The molecule has 4 rings (SSSR count). The SMILES string of the molecule is CN1CCN(c2nc(Nc3ccc(CC4CN(CC(=O)O)CCN(CC(=O)O)CCN(CC(=O)O)CCN4CC(=O)O)cc3)nc(N(C)C)n2)CC1. The highest BCUT2D eigenvalue weighted by Crippen LogP contribution is 2.21. The van der Waals surface area contributed by atoms with Crippen molar-refractivity contribution in [2.45, 2.75) is 12.5 Å². The maximum absolute atomic E-state index is 12.1. The molecule has 2 fully saturated rings. The van der Waals surface area contributed by atoms with E-state index in [0.29, 0.717) is 24.3 Å². The molecule has 1 unspecified atom stereocenters. The first-order valence-corrected chi connectivity index (χ1v) is 17.2. The molecule has 0 bridgehead atoms. The molecule has 2 saturated heterocycles. The summed E-state index contributed by atoms with van der Waals surface area (Å²) in [6.07, 6.45) is 0.367. The molecule has 1 aromatic carbocycles. The van der Waals surface area contributed by atoms with E-state index in [2.05, 4.69) is 32.1 Å². The zero-order valence-corrected chi connectivity index (χ0v) is 30.1. The fraction of sp³-hybridized carbons (Fsp3) is 0.606. The zero-order valence-electron chi connectivity index (χ0n) is 30.1. The summed E-state index contributed by atoms with van der Waals surface area (Å²) in [5.41, 5.74) is 1.59. The monoisotopic (exact) mass is 729 g/mol. The summed E-state index contributed by atoms with van der Waals surface area (Å²) < 4.78 is 0. The maximum Gasteiger partial charge on any atom is 0.317 e. The van der Waals surface area contributed by atoms with Crippen LogP contribution in [0.25, 0.3) is 0 Å². The Morgan fingerprint density at radius 2 is 1.21 bits per heavy atom. The molecular formula is C33H51N11O8. The lowest BCUT2D eigenvalue weighted by molar-refractivity contribution is -0.142. The number of nitrogens with zero attached hydrogens (tertiary/aromatic N) is 10. The molecule has 1 aromatic heterocycles. The average molecular weight is 730 g/mol. The van der Waals surface area contributed by atoms with Crippen LogP contribution in [0.4, 0.5) is 23.5 Å². The van der Waals surface area contributed by atoms with Crippen LogP contribution >= 0.6 is 0 Å². The van der Waals surface area contributed by atoms with E-state index in [1.165, 1.54) is 0 Å². The highest BCUT2D eigenvalue weighted by Gasteiger charge is 2.28. The molecule has 52 heavy (non-hydrogen) atoms. The Balaban J connectivity index is 1.58. The van der Waals surface area contributed by atoms with Crippen molar-refractivity contribution in [1.82, 2.24) is 39.5 Å². The Bertz CT molecular complexity index is 1510. The number of rotatable bonds is 14. The van der Waals surface area contributed by atoms with Crippen molar-refractivity contribution in [1.29, 1.82) is 0 Å². The molecule has 0 aliphatic carbocycles. The number of aliphatic carboxylic acids is 4. The van der Waals surface area contributed by atoms with Gasteiger partial charge >= 0.3 is 23.9 Å². The highest BCUT2D eigenvalue weighted by atomic mass is 16.4. The van der Waals surface area contributed by atoms with Gasteiger partial charge in [-0.05, 0) is 31.2 Å². The molecule has 0 spiro atoms. The molecular weight excluding hydrogens is 678 g/mol. The van der Waals surface area contributed by atoms with Crippen LogP contribution in [0.5, 0.6) is 0 Å². The van der Waals surface area contributed by atoms with Gasteiger partial charge in [-0.15, -0.1) is 0 Å². The van der Waals surface area contributed by atoms with Crippen LogP contribution in [0.2, 0.25) is 0 Å². The summed E-state index contributed by atoms with van der Waals surface area (Å²) in [7, 11) is 5.81. The van der Waals surface area contributed by atoms with E-state index in [4.69, 9.17) is 4.98 Å². The Morgan fingerprint density at radius 3 is 1.75 bits per heavy atom. The average Bonchev–Trinajstić information content (AvgIpc) is 3.06. The molecule has 5 N–H and O–H groups in total. The van der Waals surface area contributed by atoms with Gasteiger partial charge in [0, 0.05) is 97.8 Å². The minimum atomic E-state index is -1.07. The van der Waals surface area contributed by atoms with Crippen molar-refractivity contribution in [2.24, 2.45) is 0 Å². The van der Waals surface area contributed by atoms with Crippen LogP contribution in [-0.4, -0.2) is 209 Å². The molecule has 1 atom stereocenters. The third-order valence-electron chi connectivity index (χ3n) is 9.05. The number of carbonyl (C=O) groups is 4. The van der Waals surface area contributed by atoms with Crippen LogP contribution in [0.3, 0.4) is 0 Å². The first-order chi connectivity index (χ1) is 24.7. The summed E-state index contributed by atoms with van der Waals surface area (Å²) in [5, 5.41) is 41.9. The van der Waals surface area contributed by atoms with Gasteiger partial charge in [0.2, 0.25) is 17.8 Å². The van der Waals surface area contributed by atoms with Crippen LogP contribution in [-0.2, 0) is 25.6 Å². The maximum atomic E-state index is 12.1.